The van der Waals surface area contributed by atoms with E-state index in [0.29, 0.717) is 5.75 Å². The van der Waals surface area contributed by atoms with Crippen molar-refractivity contribution in [1.29, 1.82) is 0 Å². The molecule has 0 bridgehead atoms. The average molecular weight is 398 g/mol. The van der Waals surface area contributed by atoms with E-state index in [0.717, 1.165) is 28.5 Å². The molecule has 1 heterocycles. The van der Waals surface area contributed by atoms with Crippen molar-refractivity contribution in [2.24, 2.45) is 7.05 Å². The molecule has 0 aliphatic heterocycles. The van der Waals surface area contributed by atoms with Crippen molar-refractivity contribution in [3.63, 3.8) is 0 Å². The predicted molar refractivity (Wildman–Crippen MR) is 116 cm³/mol. The van der Waals surface area contributed by atoms with Gasteiger partial charge in [-0.25, -0.2) is 0 Å². The normalized spacial score (nSPS) is 11.9. The summed E-state index contributed by atoms with van der Waals surface area (Å²) in [7, 11) is 1.93. The fourth-order valence-electron chi connectivity index (χ4n) is 3.79. The number of benzene rings is 3. The Balaban J connectivity index is 1.34. The average Bonchev–Trinajstić information content (AvgIpc) is 3.32. The van der Waals surface area contributed by atoms with Crippen LogP contribution in [0, 0.1) is 0 Å². The van der Waals surface area contributed by atoms with Gasteiger partial charge in [-0.05, 0) is 34.7 Å². The Hall–Kier alpha value is -3.18. The van der Waals surface area contributed by atoms with Crippen LogP contribution < -0.4 is 0 Å². The Morgan fingerprint density at radius 1 is 0.931 bits per heavy atom. The second-order valence-electron chi connectivity index (χ2n) is 7.15. The molecule has 4 aromatic rings. The van der Waals surface area contributed by atoms with Crippen LogP contribution in [0.1, 0.15) is 21.5 Å². The van der Waals surface area contributed by atoms with Crippen LogP contribution in [0.2, 0.25) is 0 Å². The topological polar surface area (TPSA) is 47.8 Å². The standard InChI is InChI=1S/C24H19N3OS/c1-27-23(16-7-3-2-4-8-16)25-26-24(27)29-15-22(28)19-12-11-18-13-17-9-5-6-10-20(17)21(18)14-19/h2-12,14H,13,15H2,1H3. The zero-order valence-corrected chi connectivity index (χ0v) is 16.8. The highest BCUT2D eigenvalue weighted by Crippen LogP contribution is 2.37. The lowest BCUT2D eigenvalue weighted by Crippen LogP contribution is -2.04. The summed E-state index contributed by atoms with van der Waals surface area (Å²) in [4.78, 5) is 12.8. The lowest BCUT2D eigenvalue weighted by atomic mass is 10.0. The van der Waals surface area contributed by atoms with Gasteiger partial charge >= 0.3 is 0 Å². The minimum absolute atomic E-state index is 0.103. The van der Waals surface area contributed by atoms with Gasteiger partial charge in [-0.1, -0.05) is 78.5 Å². The van der Waals surface area contributed by atoms with Crippen molar-refractivity contribution in [1.82, 2.24) is 14.8 Å². The third-order valence-corrected chi connectivity index (χ3v) is 6.34. The first-order chi connectivity index (χ1) is 14.2. The summed E-state index contributed by atoms with van der Waals surface area (Å²) < 4.78 is 1.94. The largest absolute Gasteiger partial charge is 0.305 e. The molecule has 0 spiro atoms. The molecule has 29 heavy (non-hydrogen) atoms. The Morgan fingerprint density at radius 3 is 2.55 bits per heavy atom. The number of carbonyl (C=O) groups is 1. The van der Waals surface area contributed by atoms with Crippen LogP contribution in [0.3, 0.4) is 0 Å². The van der Waals surface area contributed by atoms with Gasteiger partial charge in [-0.2, -0.15) is 0 Å². The number of thioether (sulfide) groups is 1. The van der Waals surface area contributed by atoms with E-state index in [1.807, 2.05) is 54.1 Å². The molecule has 0 fully saturated rings. The van der Waals surface area contributed by atoms with Gasteiger partial charge in [0, 0.05) is 18.2 Å². The minimum Gasteiger partial charge on any atom is -0.305 e. The van der Waals surface area contributed by atoms with Crippen molar-refractivity contribution in [3.8, 4) is 22.5 Å². The van der Waals surface area contributed by atoms with Crippen LogP contribution in [-0.4, -0.2) is 26.3 Å². The van der Waals surface area contributed by atoms with Crippen molar-refractivity contribution in [3.05, 3.63) is 89.5 Å². The van der Waals surface area contributed by atoms with Gasteiger partial charge in [0.15, 0.2) is 16.8 Å². The molecule has 3 aromatic carbocycles. The number of ketones is 1. The van der Waals surface area contributed by atoms with E-state index in [1.165, 1.54) is 34.0 Å². The molecule has 0 atom stereocenters. The molecular formula is C24H19N3OS. The number of aromatic nitrogens is 3. The second-order valence-corrected chi connectivity index (χ2v) is 8.09. The maximum absolute atomic E-state index is 12.8. The van der Waals surface area contributed by atoms with Crippen molar-refractivity contribution >= 4 is 17.5 Å². The van der Waals surface area contributed by atoms with E-state index >= 15 is 0 Å². The zero-order valence-electron chi connectivity index (χ0n) is 16.0. The summed E-state index contributed by atoms with van der Waals surface area (Å²) in [6.45, 7) is 0. The van der Waals surface area contributed by atoms with Crippen LogP contribution >= 0.6 is 11.8 Å². The number of hydrogen-bond acceptors (Lipinski definition) is 4. The van der Waals surface area contributed by atoms with Gasteiger partial charge in [0.05, 0.1) is 5.75 Å². The smallest absolute Gasteiger partial charge is 0.191 e. The summed E-state index contributed by atoms with van der Waals surface area (Å²) in [5.41, 5.74) is 6.80. The van der Waals surface area contributed by atoms with E-state index in [4.69, 9.17) is 0 Å². The zero-order chi connectivity index (χ0) is 19.8. The third kappa shape index (κ3) is 3.28. The summed E-state index contributed by atoms with van der Waals surface area (Å²) in [6.07, 6.45) is 0.940. The summed E-state index contributed by atoms with van der Waals surface area (Å²) >= 11 is 1.42. The molecule has 1 aliphatic rings. The molecule has 0 saturated heterocycles. The highest BCUT2D eigenvalue weighted by atomic mass is 32.2. The monoisotopic (exact) mass is 397 g/mol. The fraction of sp³-hybridized carbons (Fsp3) is 0.125. The van der Waals surface area contributed by atoms with E-state index in [-0.39, 0.29) is 5.78 Å². The van der Waals surface area contributed by atoms with Crippen LogP contribution in [0.15, 0.2) is 78.0 Å². The number of Topliss-reactive ketones (excluding diaryl/α,β-unsaturated/α-hetero) is 1. The van der Waals surface area contributed by atoms with Crippen LogP contribution in [0.4, 0.5) is 0 Å². The molecule has 4 nitrogen and oxygen atoms in total. The van der Waals surface area contributed by atoms with Gasteiger partial charge in [-0.15, -0.1) is 10.2 Å². The number of nitrogens with zero attached hydrogens (tertiary/aromatic N) is 3. The highest BCUT2D eigenvalue weighted by molar-refractivity contribution is 7.99. The number of hydrogen-bond donors (Lipinski definition) is 0. The molecule has 5 heteroatoms. The van der Waals surface area contributed by atoms with E-state index in [1.54, 1.807) is 0 Å². The van der Waals surface area contributed by atoms with Crippen molar-refractivity contribution in [2.75, 3.05) is 5.75 Å². The molecule has 142 valence electrons. The van der Waals surface area contributed by atoms with E-state index in [9.17, 15) is 4.79 Å². The molecule has 0 N–H and O–H groups in total. The van der Waals surface area contributed by atoms with Gasteiger partial charge in [0.25, 0.3) is 0 Å². The van der Waals surface area contributed by atoms with Crippen LogP contribution in [0.5, 0.6) is 0 Å². The Kier molecular flexibility index (Phi) is 4.52. The maximum Gasteiger partial charge on any atom is 0.191 e. The molecule has 0 saturated carbocycles. The summed E-state index contributed by atoms with van der Waals surface area (Å²) in [5.74, 6) is 1.24. The van der Waals surface area contributed by atoms with E-state index in [2.05, 4.69) is 40.5 Å². The first kappa shape index (κ1) is 17.9. The Bertz CT molecular complexity index is 1210. The number of fused-ring (bicyclic) bond motifs is 3. The van der Waals surface area contributed by atoms with Crippen molar-refractivity contribution < 1.29 is 4.79 Å². The van der Waals surface area contributed by atoms with E-state index < -0.39 is 0 Å². The first-order valence-corrected chi connectivity index (χ1v) is 10.5. The highest BCUT2D eigenvalue weighted by Gasteiger charge is 2.20. The molecular weight excluding hydrogens is 378 g/mol. The van der Waals surface area contributed by atoms with Crippen molar-refractivity contribution in [2.45, 2.75) is 11.6 Å². The molecule has 1 aliphatic carbocycles. The van der Waals surface area contributed by atoms with Crippen LogP contribution in [0.25, 0.3) is 22.5 Å². The third-order valence-electron chi connectivity index (χ3n) is 5.32. The minimum atomic E-state index is 0.103. The van der Waals surface area contributed by atoms with Gasteiger partial charge in [0.2, 0.25) is 0 Å². The molecule has 0 amide bonds. The lowest BCUT2D eigenvalue weighted by Gasteiger charge is -2.06. The van der Waals surface area contributed by atoms with Crippen LogP contribution in [-0.2, 0) is 13.5 Å². The SMILES string of the molecule is Cn1c(SCC(=O)c2ccc3c(c2)-c2ccccc2C3)nnc1-c1ccccc1. The predicted octanol–water partition coefficient (Wildman–Crippen LogP) is 5.03. The van der Waals surface area contributed by atoms with Gasteiger partial charge < -0.3 is 4.57 Å². The van der Waals surface area contributed by atoms with Gasteiger partial charge in [-0.3, -0.25) is 4.79 Å². The quantitative estimate of drug-likeness (QED) is 0.308. The first-order valence-electron chi connectivity index (χ1n) is 9.53. The molecule has 5 rings (SSSR count). The summed E-state index contributed by atoms with van der Waals surface area (Å²) in [5, 5.41) is 9.30. The maximum atomic E-state index is 12.8. The van der Waals surface area contributed by atoms with Gasteiger partial charge in [0.1, 0.15) is 0 Å². The molecule has 0 unspecified atom stereocenters. The Labute approximate surface area is 173 Å². The lowest BCUT2D eigenvalue weighted by molar-refractivity contribution is 0.102. The fourth-order valence-corrected chi connectivity index (χ4v) is 4.60. The summed E-state index contributed by atoms with van der Waals surface area (Å²) in [6, 6.07) is 24.4. The second kappa shape index (κ2) is 7.33. The number of carbonyl (C=O) groups excluding carboxylic acids is 1. The molecule has 1 aromatic heterocycles. The number of rotatable bonds is 5. The molecule has 0 radical (unpaired) electrons. The Morgan fingerprint density at radius 2 is 1.69 bits per heavy atom.